The third kappa shape index (κ3) is 2.68. The summed E-state index contributed by atoms with van der Waals surface area (Å²) in [6.07, 6.45) is 2.25. The van der Waals surface area contributed by atoms with Gasteiger partial charge in [0.2, 0.25) is 5.60 Å². The predicted molar refractivity (Wildman–Crippen MR) is 82.6 cm³/mol. The highest BCUT2D eigenvalue weighted by Gasteiger charge is 2.47. The molecule has 0 bridgehead atoms. The highest BCUT2D eigenvalue weighted by molar-refractivity contribution is 6.33. The maximum absolute atomic E-state index is 11.9. The zero-order chi connectivity index (χ0) is 15.7. The molecule has 0 amide bonds. The normalized spacial score (nSPS) is 25.0. The van der Waals surface area contributed by atoms with Gasteiger partial charge in [-0.25, -0.2) is 4.79 Å². The lowest BCUT2D eigenvalue weighted by Crippen LogP contribution is -2.53. The minimum absolute atomic E-state index is 0.0274. The predicted octanol–water partition coefficient (Wildman–Crippen LogP) is 1.91. The Labute approximate surface area is 133 Å². The lowest BCUT2D eigenvalue weighted by Gasteiger charge is -2.38. The van der Waals surface area contributed by atoms with Gasteiger partial charge in [0.05, 0.1) is 10.7 Å². The summed E-state index contributed by atoms with van der Waals surface area (Å²) in [5.74, 6) is -0.0851. The standard InChI is InChI=1S/C15H19ClN2O4/c16-10-1-2-11-13(12(10)17)22-15(8-21-11,14(19)20)7-9-3-5-18-6-4-9/h1-2,9,18H,3-8,17H2,(H,19,20). The van der Waals surface area contributed by atoms with E-state index in [-0.39, 0.29) is 24.0 Å². The molecule has 1 fully saturated rings. The molecule has 1 atom stereocenters. The fraction of sp³-hybridized carbons (Fsp3) is 0.533. The Balaban J connectivity index is 1.89. The quantitative estimate of drug-likeness (QED) is 0.735. The molecule has 1 unspecified atom stereocenters. The Bertz CT molecular complexity index is 589. The summed E-state index contributed by atoms with van der Waals surface area (Å²) in [4.78, 5) is 11.9. The van der Waals surface area contributed by atoms with Crippen molar-refractivity contribution in [3.05, 3.63) is 17.2 Å². The zero-order valence-corrected chi connectivity index (χ0v) is 12.9. The number of carboxylic acids is 1. The molecule has 0 aromatic heterocycles. The van der Waals surface area contributed by atoms with Crippen LogP contribution < -0.4 is 20.5 Å². The van der Waals surface area contributed by atoms with Crippen molar-refractivity contribution in [3.63, 3.8) is 0 Å². The van der Waals surface area contributed by atoms with Crippen LogP contribution in [0.1, 0.15) is 19.3 Å². The van der Waals surface area contributed by atoms with Crippen LogP contribution in [0.25, 0.3) is 0 Å². The number of nitrogens with one attached hydrogen (secondary N) is 1. The van der Waals surface area contributed by atoms with Crippen molar-refractivity contribution in [3.8, 4) is 11.5 Å². The van der Waals surface area contributed by atoms with Gasteiger partial charge in [-0.05, 0) is 44.0 Å². The van der Waals surface area contributed by atoms with Gasteiger partial charge in [-0.2, -0.15) is 0 Å². The Morgan fingerprint density at radius 2 is 2.18 bits per heavy atom. The number of fused-ring (bicyclic) bond motifs is 1. The molecule has 22 heavy (non-hydrogen) atoms. The molecule has 1 aromatic rings. The van der Waals surface area contributed by atoms with E-state index >= 15 is 0 Å². The highest BCUT2D eigenvalue weighted by Crippen LogP contribution is 2.45. The second-order valence-corrected chi connectivity index (χ2v) is 6.28. The molecule has 3 rings (SSSR count). The minimum atomic E-state index is -1.41. The van der Waals surface area contributed by atoms with Crippen LogP contribution >= 0.6 is 11.6 Å². The second kappa shape index (κ2) is 5.85. The van der Waals surface area contributed by atoms with Gasteiger partial charge in [-0.15, -0.1) is 0 Å². The average molecular weight is 327 g/mol. The Hall–Kier alpha value is -1.66. The molecule has 120 valence electrons. The van der Waals surface area contributed by atoms with Gasteiger partial charge >= 0.3 is 5.97 Å². The van der Waals surface area contributed by atoms with Gasteiger partial charge in [0.15, 0.2) is 11.5 Å². The molecule has 0 saturated carbocycles. The third-order valence-corrected chi connectivity index (χ3v) is 4.66. The van der Waals surface area contributed by atoms with E-state index in [4.69, 9.17) is 26.8 Å². The lowest BCUT2D eigenvalue weighted by atomic mass is 9.84. The number of carboxylic acid groups (broad SMARTS) is 1. The smallest absolute Gasteiger partial charge is 0.351 e. The fourth-order valence-electron chi connectivity index (χ4n) is 3.04. The van der Waals surface area contributed by atoms with Gasteiger partial charge in [0.1, 0.15) is 6.61 Å². The van der Waals surface area contributed by atoms with Gasteiger partial charge in [0, 0.05) is 6.42 Å². The van der Waals surface area contributed by atoms with Crippen molar-refractivity contribution >= 4 is 23.3 Å². The number of piperidine rings is 1. The number of ether oxygens (including phenoxy) is 2. The van der Waals surface area contributed by atoms with E-state index < -0.39 is 11.6 Å². The van der Waals surface area contributed by atoms with Gasteiger partial charge in [-0.1, -0.05) is 11.6 Å². The summed E-state index contributed by atoms with van der Waals surface area (Å²) < 4.78 is 11.5. The number of hydrogen-bond acceptors (Lipinski definition) is 5. The summed E-state index contributed by atoms with van der Waals surface area (Å²) in [6.45, 7) is 1.76. The molecule has 0 spiro atoms. The summed E-state index contributed by atoms with van der Waals surface area (Å²) in [6, 6.07) is 3.25. The molecule has 1 saturated heterocycles. The third-order valence-electron chi connectivity index (χ3n) is 4.33. The number of hydrogen-bond donors (Lipinski definition) is 3. The van der Waals surface area contributed by atoms with Crippen molar-refractivity contribution < 1.29 is 19.4 Å². The molecule has 0 aliphatic carbocycles. The molecule has 6 nitrogen and oxygen atoms in total. The van der Waals surface area contributed by atoms with Gasteiger partial charge in [-0.3, -0.25) is 0 Å². The number of halogens is 1. The molecule has 4 N–H and O–H groups in total. The largest absolute Gasteiger partial charge is 0.485 e. The molecule has 2 aliphatic heterocycles. The van der Waals surface area contributed by atoms with Crippen LogP contribution in [0.4, 0.5) is 5.69 Å². The minimum Gasteiger partial charge on any atom is -0.485 e. The molecule has 1 aromatic carbocycles. The molecule has 7 heteroatoms. The van der Waals surface area contributed by atoms with Crippen LogP contribution in [0.2, 0.25) is 5.02 Å². The highest BCUT2D eigenvalue weighted by atomic mass is 35.5. The number of benzene rings is 1. The number of nitrogen functional groups attached to an aromatic ring is 1. The fourth-order valence-corrected chi connectivity index (χ4v) is 3.19. The Morgan fingerprint density at radius 3 is 2.86 bits per heavy atom. The summed E-state index contributed by atoms with van der Waals surface area (Å²) in [5.41, 5.74) is 4.73. The van der Waals surface area contributed by atoms with Crippen LogP contribution in [0, 0.1) is 5.92 Å². The summed E-state index contributed by atoms with van der Waals surface area (Å²) in [7, 11) is 0. The number of anilines is 1. The van der Waals surface area contributed by atoms with E-state index in [0.717, 1.165) is 25.9 Å². The molecule has 2 heterocycles. The Kier molecular flexibility index (Phi) is 4.06. The van der Waals surface area contributed by atoms with E-state index in [2.05, 4.69) is 5.32 Å². The Morgan fingerprint density at radius 1 is 1.45 bits per heavy atom. The SMILES string of the molecule is Nc1c(Cl)ccc2c1OC(CC1CCNCC1)(C(=O)O)CO2. The van der Waals surface area contributed by atoms with E-state index in [0.29, 0.717) is 17.2 Å². The first-order valence-corrected chi connectivity index (χ1v) is 7.73. The van der Waals surface area contributed by atoms with E-state index in [9.17, 15) is 9.90 Å². The number of nitrogens with two attached hydrogens (primary N) is 1. The van der Waals surface area contributed by atoms with Crippen LogP contribution in [-0.2, 0) is 4.79 Å². The van der Waals surface area contributed by atoms with Crippen molar-refractivity contribution in [2.75, 3.05) is 25.4 Å². The van der Waals surface area contributed by atoms with Crippen LogP contribution in [-0.4, -0.2) is 36.4 Å². The van der Waals surface area contributed by atoms with E-state index in [1.807, 2.05) is 0 Å². The number of aliphatic carboxylic acids is 1. The number of rotatable bonds is 3. The summed E-state index contributed by atoms with van der Waals surface area (Å²) in [5, 5.41) is 13.3. The maximum atomic E-state index is 11.9. The zero-order valence-electron chi connectivity index (χ0n) is 12.1. The number of carbonyl (C=O) groups is 1. The first-order valence-electron chi connectivity index (χ1n) is 7.36. The molecular weight excluding hydrogens is 308 g/mol. The molecule has 0 radical (unpaired) electrons. The first kappa shape index (κ1) is 15.2. The first-order chi connectivity index (χ1) is 10.5. The topological polar surface area (TPSA) is 93.8 Å². The van der Waals surface area contributed by atoms with Gasteiger partial charge in [0.25, 0.3) is 0 Å². The van der Waals surface area contributed by atoms with E-state index in [1.165, 1.54) is 0 Å². The van der Waals surface area contributed by atoms with Crippen LogP contribution in [0.15, 0.2) is 12.1 Å². The summed E-state index contributed by atoms with van der Waals surface area (Å²) >= 11 is 5.99. The van der Waals surface area contributed by atoms with Crippen molar-refractivity contribution in [2.24, 2.45) is 5.92 Å². The average Bonchev–Trinajstić information content (AvgIpc) is 2.52. The van der Waals surface area contributed by atoms with Crippen molar-refractivity contribution in [1.29, 1.82) is 0 Å². The second-order valence-electron chi connectivity index (χ2n) is 5.88. The van der Waals surface area contributed by atoms with Crippen LogP contribution in [0.5, 0.6) is 11.5 Å². The van der Waals surface area contributed by atoms with E-state index in [1.54, 1.807) is 12.1 Å². The molecule has 2 aliphatic rings. The maximum Gasteiger partial charge on any atom is 0.351 e. The van der Waals surface area contributed by atoms with Gasteiger partial charge < -0.3 is 25.6 Å². The van der Waals surface area contributed by atoms with Crippen LogP contribution in [0.3, 0.4) is 0 Å². The molecular formula is C15H19ClN2O4. The lowest BCUT2D eigenvalue weighted by molar-refractivity contribution is -0.163. The monoisotopic (exact) mass is 326 g/mol. The van der Waals surface area contributed by atoms with Crippen molar-refractivity contribution in [1.82, 2.24) is 5.32 Å². The van der Waals surface area contributed by atoms with Crippen molar-refractivity contribution in [2.45, 2.75) is 24.9 Å².